The highest BCUT2D eigenvalue weighted by Gasteiger charge is 2.33. The molecule has 0 aliphatic rings. The van der Waals surface area contributed by atoms with Crippen LogP contribution in [0.25, 0.3) is 33.2 Å². The van der Waals surface area contributed by atoms with Crippen LogP contribution in [0.15, 0.2) is 72.9 Å². The van der Waals surface area contributed by atoms with Crippen LogP contribution in [0.1, 0.15) is 15.9 Å². The molecule has 0 saturated carbocycles. The average Bonchev–Trinajstić information content (AvgIpc) is 2.77. The van der Waals surface area contributed by atoms with E-state index in [4.69, 9.17) is 4.74 Å². The highest BCUT2D eigenvalue weighted by Crippen LogP contribution is 2.42. The second-order valence-corrected chi connectivity index (χ2v) is 6.68. The normalized spacial score (nSPS) is 11.5. The van der Waals surface area contributed by atoms with Crippen LogP contribution in [0.4, 0.5) is 13.2 Å². The van der Waals surface area contributed by atoms with Gasteiger partial charge in [0.25, 0.3) is 0 Å². The molecule has 30 heavy (non-hydrogen) atoms. The molecule has 0 saturated heterocycles. The third-order valence-corrected chi connectivity index (χ3v) is 4.96. The topological polar surface area (TPSA) is 39.2 Å². The van der Waals surface area contributed by atoms with Gasteiger partial charge in [-0.25, -0.2) is 0 Å². The molecule has 0 aliphatic heterocycles. The van der Waals surface area contributed by atoms with Gasteiger partial charge in [0.2, 0.25) is 0 Å². The van der Waals surface area contributed by atoms with E-state index in [1.807, 2.05) is 0 Å². The van der Waals surface area contributed by atoms with Crippen LogP contribution in [-0.2, 0) is 6.18 Å². The first-order chi connectivity index (χ1) is 14.4. The van der Waals surface area contributed by atoms with Gasteiger partial charge < -0.3 is 4.74 Å². The summed E-state index contributed by atoms with van der Waals surface area (Å²) in [5.74, 6) is 0.628. The zero-order chi connectivity index (χ0) is 21.3. The lowest BCUT2D eigenvalue weighted by atomic mass is 9.90. The zero-order valence-corrected chi connectivity index (χ0v) is 15.9. The molecule has 0 amide bonds. The van der Waals surface area contributed by atoms with Crippen LogP contribution in [0.2, 0.25) is 0 Å². The van der Waals surface area contributed by atoms with Gasteiger partial charge in [0, 0.05) is 28.3 Å². The Morgan fingerprint density at radius 3 is 2.30 bits per heavy atom. The highest BCUT2D eigenvalue weighted by atomic mass is 19.4. The molecule has 0 bridgehead atoms. The van der Waals surface area contributed by atoms with Gasteiger partial charge in [-0.15, -0.1) is 0 Å². The van der Waals surface area contributed by atoms with Crippen LogP contribution < -0.4 is 4.74 Å². The van der Waals surface area contributed by atoms with E-state index in [0.717, 1.165) is 12.4 Å². The molecular weight excluding hydrogens is 391 g/mol. The van der Waals surface area contributed by atoms with E-state index in [1.54, 1.807) is 54.6 Å². The fraction of sp³-hybridized carbons (Fsp3) is 0.0833. The van der Waals surface area contributed by atoms with Crippen molar-refractivity contribution in [2.24, 2.45) is 0 Å². The van der Waals surface area contributed by atoms with Crippen molar-refractivity contribution in [2.75, 3.05) is 7.11 Å². The number of fused-ring (bicyclic) bond motifs is 1. The molecule has 0 unspecified atom stereocenters. The van der Waals surface area contributed by atoms with Crippen molar-refractivity contribution in [3.63, 3.8) is 0 Å². The van der Waals surface area contributed by atoms with Crippen molar-refractivity contribution < 1.29 is 22.7 Å². The molecule has 4 rings (SSSR count). The van der Waals surface area contributed by atoms with Crippen LogP contribution in [0, 0.1) is 0 Å². The first-order valence-electron chi connectivity index (χ1n) is 9.12. The minimum Gasteiger partial charge on any atom is -0.497 e. The summed E-state index contributed by atoms with van der Waals surface area (Å²) in [7, 11) is 1.54. The summed E-state index contributed by atoms with van der Waals surface area (Å²) < 4.78 is 46.0. The summed E-state index contributed by atoms with van der Waals surface area (Å²) in [5, 5.41) is 0.355. The van der Waals surface area contributed by atoms with Crippen molar-refractivity contribution >= 4 is 17.2 Å². The molecule has 1 heterocycles. The monoisotopic (exact) mass is 407 g/mol. The van der Waals surface area contributed by atoms with E-state index in [9.17, 15) is 18.0 Å². The number of aldehydes is 1. The summed E-state index contributed by atoms with van der Waals surface area (Å²) >= 11 is 0. The molecule has 1 aromatic heterocycles. The van der Waals surface area contributed by atoms with E-state index in [-0.39, 0.29) is 5.52 Å². The Morgan fingerprint density at radius 1 is 0.900 bits per heavy atom. The minimum absolute atomic E-state index is 0.136. The van der Waals surface area contributed by atoms with Crippen LogP contribution in [-0.4, -0.2) is 18.4 Å². The van der Waals surface area contributed by atoms with Gasteiger partial charge in [-0.1, -0.05) is 48.5 Å². The van der Waals surface area contributed by atoms with Crippen LogP contribution >= 0.6 is 0 Å². The van der Waals surface area contributed by atoms with E-state index < -0.39 is 11.7 Å². The number of halogens is 3. The lowest BCUT2D eigenvalue weighted by Crippen LogP contribution is -2.07. The van der Waals surface area contributed by atoms with Gasteiger partial charge in [-0.05, 0) is 29.3 Å². The molecule has 0 N–H and O–H groups in total. The Bertz CT molecular complexity index is 1230. The Labute approximate surface area is 170 Å². The SMILES string of the molecule is COc1ccc(-c2c(-c3ccccc3C=O)cnc3c(C(F)(F)F)cccc23)cc1. The second-order valence-electron chi connectivity index (χ2n) is 6.68. The van der Waals surface area contributed by atoms with E-state index in [0.29, 0.717) is 39.0 Å². The fourth-order valence-corrected chi connectivity index (χ4v) is 3.57. The molecule has 3 nitrogen and oxygen atoms in total. The maximum absolute atomic E-state index is 13.6. The van der Waals surface area contributed by atoms with Crippen LogP contribution in [0.5, 0.6) is 5.75 Å². The fourth-order valence-electron chi connectivity index (χ4n) is 3.57. The van der Waals surface area contributed by atoms with Gasteiger partial charge in [0.15, 0.2) is 6.29 Å². The number of para-hydroxylation sites is 1. The third kappa shape index (κ3) is 3.41. The zero-order valence-electron chi connectivity index (χ0n) is 15.9. The van der Waals surface area contributed by atoms with Gasteiger partial charge in [0.1, 0.15) is 5.75 Å². The van der Waals surface area contributed by atoms with Crippen molar-refractivity contribution in [1.29, 1.82) is 0 Å². The van der Waals surface area contributed by atoms with E-state index in [1.165, 1.54) is 19.4 Å². The number of nitrogens with zero attached hydrogens (tertiary/aromatic N) is 1. The van der Waals surface area contributed by atoms with Crippen LogP contribution in [0.3, 0.4) is 0 Å². The molecule has 150 valence electrons. The molecule has 0 aliphatic carbocycles. The predicted octanol–water partition coefficient (Wildman–Crippen LogP) is 6.41. The number of carbonyl (C=O) groups excluding carboxylic acids is 1. The number of pyridine rings is 1. The first kappa shape index (κ1) is 19.6. The van der Waals surface area contributed by atoms with Crippen molar-refractivity contribution in [3.8, 4) is 28.0 Å². The quantitative estimate of drug-likeness (QED) is 0.367. The molecule has 3 aromatic carbocycles. The number of aromatic nitrogens is 1. The molecular formula is C24H16F3NO2. The molecule has 4 aromatic rings. The summed E-state index contributed by atoms with van der Waals surface area (Å²) in [6, 6.07) is 18.0. The Morgan fingerprint density at radius 2 is 1.63 bits per heavy atom. The predicted molar refractivity (Wildman–Crippen MR) is 110 cm³/mol. The van der Waals surface area contributed by atoms with Gasteiger partial charge >= 0.3 is 6.18 Å². The van der Waals surface area contributed by atoms with Crippen molar-refractivity contribution in [3.05, 3.63) is 84.1 Å². The Balaban J connectivity index is 2.11. The number of rotatable bonds is 4. The summed E-state index contributed by atoms with van der Waals surface area (Å²) in [4.78, 5) is 15.8. The minimum atomic E-state index is -4.54. The number of hydrogen-bond donors (Lipinski definition) is 0. The maximum Gasteiger partial charge on any atom is 0.418 e. The Kier molecular flexibility index (Phi) is 4.99. The van der Waals surface area contributed by atoms with Crippen molar-refractivity contribution in [2.45, 2.75) is 6.18 Å². The number of carbonyl (C=O) groups is 1. The number of methoxy groups -OCH3 is 1. The molecule has 0 spiro atoms. The lowest BCUT2D eigenvalue weighted by Gasteiger charge is -2.17. The second kappa shape index (κ2) is 7.63. The number of hydrogen-bond acceptors (Lipinski definition) is 3. The van der Waals surface area contributed by atoms with E-state index in [2.05, 4.69) is 4.98 Å². The molecule has 6 heteroatoms. The maximum atomic E-state index is 13.6. The standard InChI is InChI=1S/C24H16F3NO2/c1-30-17-11-9-15(10-12-17)22-19-7-4-8-21(24(25,26)27)23(19)28-13-20(22)18-6-3-2-5-16(18)14-29/h2-14H,1H3. The summed E-state index contributed by atoms with van der Waals surface area (Å²) in [6.07, 6.45) is -2.41. The summed E-state index contributed by atoms with van der Waals surface area (Å²) in [6.45, 7) is 0. The number of alkyl halides is 3. The molecule has 0 radical (unpaired) electrons. The lowest BCUT2D eigenvalue weighted by molar-refractivity contribution is -0.136. The summed E-state index contributed by atoms with van der Waals surface area (Å²) in [5.41, 5.74) is 1.94. The van der Waals surface area contributed by atoms with Gasteiger partial charge in [0.05, 0.1) is 18.2 Å². The Hall–Kier alpha value is -3.67. The highest BCUT2D eigenvalue weighted by molar-refractivity contribution is 6.05. The van der Waals surface area contributed by atoms with E-state index >= 15 is 0 Å². The average molecular weight is 407 g/mol. The smallest absolute Gasteiger partial charge is 0.418 e. The van der Waals surface area contributed by atoms with Gasteiger partial charge in [-0.2, -0.15) is 13.2 Å². The van der Waals surface area contributed by atoms with Crippen molar-refractivity contribution in [1.82, 2.24) is 4.98 Å². The number of ether oxygens (including phenoxy) is 1. The number of benzene rings is 3. The van der Waals surface area contributed by atoms with Gasteiger partial charge in [-0.3, -0.25) is 9.78 Å². The largest absolute Gasteiger partial charge is 0.497 e. The molecule has 0 atom stereocenters. The molecule has 0 fully saturated rings. The third-order valence-electron chi connectivity index (χ3n) is 4.96. The first-order valence-corrected chi connectivity index (χ1v) is 9.12.